The van der Waals surface area contributed by atoms with Gasteiger partial charge in [0.15, 0.2) is 0 Å². The molecule has 0 amide bonds. The molecule has 4 heteroatoms. The lowest BCUT2D eigenvalue weighted by molar-refractivity contribution is 0.375. The van der Waals surface area contributed by atoms with Crippen LogP contribution in [0.15, 0.2) is 18.2 Å². The number of H-pyrrole nitrogens is 1. The molecule has 0 spiro atoms. The predicted molar refractivity (Wildman–Crippen MR) is 66.9 cm³/mol. The summed E-state index contributed by atoms with van der Waals surface area (Å²) < 4.78 is 0. The van der Waals surface area contributed by atoms with Crippen LogP contribution in [0.3, 0.4) is 0 Å². The number of nitrogens with one attached hydrogen (secondary N) is 1. The Morgan fingerprint density at radius 3 is 2.94 bits per heavy atom. The number of aromatic hydroxyl groups is 1. The second-order valence-corrected chi connectivity index (χ2v) is 4.88. The second kappa shape index (κ2) is 4.04. The smallest absolute Gasteiger partial charge is 0.117 e. The topological polar surface area (TPSA) is 74.9 Å². The normalized spacial score (nSPS) is 25.2. The second-order valence-electron chi connectivity index (χ2n) is 4.88. The van der Waals surface area contributed by atoms with Gasteiger partial charge in [-0.2, -0.15) is 0 Å². The van der Waals surface area contributed by atoms with Gasteiger partial charge in [0, 0.05) is 18.0 Å². The van der Waals surface area contributed by atoms with Crippen LogP contribution in [-0.4, -0.2) is 21.1 Å². The summed E-state index contributed by atoms with van der Waals surface area (Å²) >= 11 is 0. The number of benzene rings is 1. The van der Waals surface area contributed by atoms with Gasteiger partial charge < -0.3 is 15.8 Å². The summed E-state index contributed by atoms with van der Waals surface area (Å²) in [5, 5.41) is 9.43. The molecule has 0 aliphatic heterocycles. The van der Waals surface area contributed by atoms with E-state index in [0.717, 1.165) is 29.7 Å². The minimum atomic E-state index is 0.206. The van der Waals surface area contributed by atoms with Gasteiger partial charge in [-0.1, -0.05) is 12.8 Å². The van der Waals surface area contributed by atoms with Crippen LogP contribution in [0.5, 0.6) is 5.75 Å². The van der Waals surface area contributed by atoms with Crippen LogP contribution in [0, 0.1) is 0 Å². The summed E-state index contributed by atoms with van der Waals surface area (Å²) in [7, 11) is 0. The highest BCUT2D eigenvalue weighted by Crippen LogP contribution is 2.31. The molecule has 1 aliphatic rings. The first-order chi connectivity index (χ1) is 8.24. The number of phenols is 1. The van der Waals surface area contributed by atoms with Crippen molar-refractivity contribution >= 4 is 11.0 Å². The van der Waals surface area contributed by atoms with E-state index >= 15 is 0 Å². The quantitative estimate of drug-likeness (QED) is 0.704. The van der Waals surface area contributed by atoms with E-state index in [-0.39, 0.29) is 11.8 Å². The van der Waals surface area contributed by atoms with E-state index in [4.69, 9.17) is 5.73 Å². The summed E-state index contributed by atoms with van der Waals surface area (Å²) in [4.78, 5) is 7.87. The maximum Gasteiger partial charge on any atom is 0.117 e. The molecule has 1 aromatic heterocycles. The van der Waals surface area contributed by atoms with Crippen molar-refractivity contribution in [3.63, 3.8) is 0 Å². The Bertz CT molecular complexity index is 534. The van der Waals surface area contributed by atoms with E-state index in [1.165, 1.54) is 12.8 Å². The van der Waals surface area contributed by atoms with Crippen LogP contribution in [0.4, 0.5) is 0 Å². The van der Waals surface area contributed by atoms with Crippen LogP contribution in [-0.2, 0) is 0 Å². The molecule has 1 heterocycles. The maximum absolute atomic E-state index is 9.43. The Morgan fingerprint density at radius 1 is 1.29 bits per heavy atom. The van der Waals surface area contributed by atoms with Gasteiger partial charge in [-0.3, -0.25) is 0 Å². The van der Waals surface area contributed by atoms with Crippen molar-refractivity contribution in [3.8, 4) is 5.75 Å². The third-order valence-corrected chi connectivity index (χ3v) is 3.65. The van der Waals surface area contributed by atoms with Crippen molar-refractivity contribution in [2.24, 2.45) is 5.73 Å². The van der Waals surface area contributed by atoms with Gasteiger partial charge in [-0.25, -0.2) is 4.98 Å². The Morgan fingerprint density at radius 2 is 2.12 bits per heavy atom. The Hall–Kier alpha value is -1.55. The summed E-state index contributed by atoms with van der Waals surface area (Å²) in [5.41, 5.74) is 7.94. The number of aromatic nitrogens is 2. The summed E-state index contributed by atoms with van der Waals surface area (Å²) in [5.74, 6) is 1.57. The van der Waals surface area contributed by atoms with E-state index in [1.807, 2.05) is 6.07 Å². The van der Waals surface area contributed by atoms with E-state index in [2.05, 4.69) is 9.97 Å². The Labute approximate surface area is 99.9 Å². The number of nitrogens with zero attached hydrogens (tertiary/aromatic N) is 1. The van der Waals surface area contributed by atoms with Gasteiger partial charge >= 0.3 is 0 Å². The molecule has 0 bridgehead atoms. The lowest BCUT2D eigenvalue weighted by Crippen LogP contribution is -2.31. The number of fused-ring (bicyclic) bond motifs is 1. The molecule has 2 aromatic rings. The zero-order valence-corrected chi connectivity index (χ0v) is 9.69. The summed E-state index contributed by atoms with van der Waals surface area (Å²) in [6, 6.07) is 5.41. The molecule has 2 unspecified atom stereocenters. The SMILES string of the molecule is NC1CCCCC1c1nc2ccc(O)cc2[nH]1. The monoisotopic (exact) mass is 231 g/mol. The van der Waals surface area contributed by atoms with Crippen molar-refractivity contribution in [3.05, 3.63) is 24.0 Å². The number of rotatable bonds is 1. The van der Waals surface area contributed by atoms with E-state index in [1.54, 1.807) is 12.1 Å². The molecular weight excluding hydrogens is 214 g/mol. The predicted octanol–water partition coefficient (Wildman–Crippen LogP) is 2.25. The molecule has 2 atom stereocenters. The van der Waals surface area contributed by atoms with Crippen LogP contribution >= 0.6 is 0 Å². The molecule has 4 N–H and O–H groups in total. The van der Waals surface area contributed by atoms with Crippen molar-refractivity contribution in [1.29, 1.82) is 0 Å². The average molecular weight is 231 g/mol. The van der Waals surface area contributed by atoms with E-state index in [9.17, 15) is 5.11 Å². The third kappa shape index (κ3) is 1.89. The van der Waals surface area contributed by atoms with Crippen LogP contribution in [0.25, 0.3) is 11.0 Å². The minimum absolute atomic E-state index is 0.206. The minimum Gasteiger partial charge on any atom is -0.508 e. The number of nitrogens with two attached hydrogens (primary N) is 1. The van der Waals surface area contributed by atoms with E-state index < -0.39 is 0 Å². The number of phenolic OH excluding ortho intramolecular Hbond substituents is 1. The largest absolute Gasteiger partial charge is 0.508 e. The molecule has 90 valence electrons. The van der Waals surface area contributed by atoms with Gasteiger partial charge in [-0.15, -0.1) is 0 Å². The van der Waals surface area contributed by atoms with Crippen molar-refractivity contribution < 1.29 is 5.11 Å². The van der Waals surface area contributed by atoms with Gasteiger partial charge in [0.25, 0.3) is 0 Å². The summed E-state index contributed by atoms with van der Waals surface area (Å²) in [6.07, 6.45) is 4.62. The summed E-state index contributed by atoms with van der Waals surface area (Å²) in [6.45, 7) is 0. The van der Waals surface area contributed by atoms with Gasteiger partial charge in [-0.05, 0) is 25.0 Å². The van der Waals surface area contributed by atoms with Gasteiger partial charge in [0.1, 0.15) is 11.6 Å². The fourth-order valence-electron chi connectivity index (χ4n) is 2.69. The van der Waals surface area contributed by atoms with Crippen LogP contribution < -0.4 is 5.73 Å². The van der Waals surface area contributed by atoms with Gasteiger partial charge in [0.2, 0.25) is 0 Å². The number of hydrogen-bond donors (Lipinski definition) is 3. The molecular formula is C13H17N3O. The molecule has 0 radical (unpaired) electrons. The zero-order chi connectivity index (χ0) is 11.8. The molecule has 1 fully saturated rings. The average Bonchev–Trinajstić information content (AvgIpc) is 2.72. The highest BCUT2D eigenvalue weighted by molar-refractivity contribution is 5.76. The fraction of sp³-hybridized carbons (Fsp3) is 0.462. The van der Waals surface area contributed by atoms with Crippen LogP contribution in [0.2, 0.25) is 0 Å². The number of hydrogen-bond acceptors (Lipinski definition) is 3. The van der Waals surface area contributed by atoms with Gasteiger partial charge in [0.05, 0.1) is 11.0 Å². The molecule has 1 aliphatic carbocycles. The first kappa shape index (κ1) is 10.6. The highest BCUT2D eigenvalue weighted by atomic mass is 16.3. The number of imidazole rings is 1. The molecule has 4 nitrogen and oxygen atoms in total. The number of aromatic amines is 1. The standard InChI is InChI=1S/C13H17N3O/c14-10-4-2-1-3-9(10)13-15-11-6-5-8(17)7-12(11)16-13/h5-7,9-10,17H,1-4,14H2,(H,15,16). The molecule has 3 rings (SSSR count). The first-order valence-corrected chi connectivity index (χ1v) is 6.18. The highest BCUT2D eigenvalue weighted by Gasteiger charge is 2.25. The van der Waals surface area contributed by atoms with Crippen molar-refractivity contribution in [2.75, 3.05) is 0 Å². The lowest BCUT2D eigenvalue weighted by Gasteiger charge is -2.26. The van der Waals surface area contributed by atoms with Crippen LogP contribution in [0.1, 0.15) is 37.4 Å². The molecule has 17 heavy (non-hydrogen) atoms. The molecule has 0 saturated heterocycles. The molecule has 1 aromatic carbocycles. The lowest BCUT2D eigenvalue weighted by atomic mass is 9.84. The zero-order valence-electron chi connectivity index (χ0n) is 9.69. The fourth-order valence-corrected chi connectivity index (χ4v) is 2.69. The first-order valence-electron chi connectivity index (χ1n) is 6.18. The Balaban J connectivity index is 1.99. The van der Waals surface area contributed by atoms with Crippen molar-refractivity contribution in [2.45, 2.75) is 37.6 Å². The molecule has 1 saturated carbocycles. The van der Waals surface area contributed by atoms with Crippen molar-refractivity contribution in [1.82, 2.24) is 9.97 Å². The van der Waals surface area contributed by atoms with E-state index in [0.29, 0.717) is 5.92 Å². The Kier molecular flexibility index (Phi) is 2.52. The third-order valence-electron chi connectivity index (χ3n) is 3.65. The maximum atomic E-state index is 9.43.